The number of hydrogen-bond acceptors (Lipinski definition) is 27. The zero-order chi connectivity index (χ0) is 108. The lowest BCUT2D eigenvalue weighted by Gasteiger charge is -2.36. The van der Waals surface area contributed by atoms with Crippen molar-refractivity contribution in [3.63, 3.8) is 0 Å². The summed E-state index contributed by atoms with van der Waals surface area (Å²) in [5, 5.41) is 48.3. The number of halogens is 5. The molecule has 45 heteroatoms. The molecule has 0 saturated carbocycles. The zero-order valence-corrected chi connectivity index (χ0v) is 85.1. The first kappa shape index (κ1) is 120. The Labute approximate surface area is 865 Å². The third kappa shape index (κ3) is 34.5. The summed E-state index contributed by atoms with van der Waals surface area (Å²) in [6.07, 6.45) is 7.02. The molecule has 0 spiro atoms. The molecule has 147 heavy (non-hydrogen) atoms. The molecule has 5 aliphatic rings. The predicted octanol–water partition coefficient (Wildman–Crippen LogP) is 21.4. The quantitative estimate of drug-likeness (QED) is 0.0102. The van der Waals surface area contributed by atoms with E-state index >= 15 is 0 Å². The Kier molecular flexibility index (Phi) is 45.7. The number of Topliss-reactive ketones (excluding diaryl/α,β-unsaturated/α-hetero) is 3. The summed E-state index contributed by atoms with van der Waals surface area (Å²) in [5.74, 6) is -0.910. The van der Waals surface area contributed by atoms with Crippen LogP contribution in [0.4, 0.5) is 50.4 Å². The van der Waals surface area contributed by atoms with Crippen molar-refractivity contribution in [3.05, 3.63) is 298 Å². The Morgan fingerprint density at radius 3 is 1.38 bits per heavy atom. The minimum absolute atomic E-state index is 0. The first-order chi connectivity index (χ1) is 69.2. The molecule has 39 nitrogen and oxygen atoms in total. The smallest absolute Gasteiger partial charge is 0.478 e. The summed E-state index contributed by atoms with van der Waals surface area (Å²) in [6.45, 7) is 57.5. The largest absolute Gasteiger partial charge is 0.488 e. The number of aromatic nitrogens is 8. The van der Waals surface area contributed by atoms with Gasteiger partial charge in [0.2, 0.25) is 22.8 Å². The van der Waals surface area contributed by atoms with Crippen LogP contribution in [0.2, 0.25) is 0 Å². The van der Waals surface area contributed by atoms with E-state index in [2.05, 4.69) is 93.5 Å². The van der Waals surface area contributed by atoms with Crippen LogP contribution in [-0.4, -0.2) is 199 Å². The van der Waals surface area contributed by atoms with Crippen molar-refractivity contribution in [2.45, 2.75) is 177 Å². The summed E-state index contributed by atoms with van der Waals surface area (Å²) in [7, 11) is -1.52. The van der Waals surface area contributed by atoms with Crippen molar-refractivity contribution < 1.29 is 101 Å². The first-order valence-corrected chi connectivity index (χ1v) is 46.6. The van der Waals surface area contributed by atoms with Gasteiger partial charge in [-0.1, -0.05) is 81.6 Å². The number of rotatable bonds is 17. The van der Waals surface area contributed by atoms with E-state index in [1.165, 1.54) is 63.4 Å². The lowest BCUT2D eigenvalue weighted by molar-refractivity contribution is -0.191. The van der Waals surface area contributed by atoms with Gasteiger partial charge in [-0.2, -0.15) is 30.0 Å². The van der Waals surface area contributed by atoms with Crippen molar-refractivity contribution in [1.29, 1.82) is 11.1 Å². The van der Waals surface area contributed by atoms with Gasteiger partial charge in [0.05, 0.1) is 73.2 Å². The Balaban J connectivity index is 0.000000322. The maximum Gasteiger partial charge on any atom is 0.488 e. The fourth-order valence-electron chi connectivity index (χ4n) is 15.1. The number of nitrogens with two attached hydrogens (primary N) is 1. The van der Waals surface area contributed by atoms with Gasteiger partial charge in [-0.15, -0.1) is 0 Å². The van der Waals surface area contributed by atoms with Crippen LogP contribution in [0.3, 0.4) is 0 Å². The number of benzene rings is 6. The molecule has 3 fully saturated rings. The number of para-hydroxylation sites is 3. The van der Waals surface area contributed by atoms with E-state index in [0.29, 0.717) is 111 Å². The highest BCUT2D eigenvalue weighted by molar-refractivity contribution is 9.10. The Bertz CT molecular complexity index is 6690. The number of piperidine rings is 3. The minimum Gasteiger partial charge on any atom is -0.478 e. The van der Waals surface area contributed by atoms with Gasteiger partial charge in [0.1, 0.15) is 60.3 Å². The summed E-state index contributed by atoms with van der Waals surface area (Å²) in [5.41, 5.74) is 21.3. The van der Waals surface area contributed by atoms with E-state index in [4.69, 9.17) is 106 Å². The van der Waals surface area contributed by atoms with Crippen molar-refractivity contribution in [2.75, 3.05) is 45.0 Å². The summed E-state index contributed by atoms with van der Waals surface area (Å²) in [6, 6.07) is 38.0. The van der Waals surface area contributed by atoms with Crippen LogP contribution in [-0.2, 0) is 28.6 Å². The van der Waals surface area contributed by atoms with Crippen LogP contribution in [0.15, 0.2) is 200 Å². The second kappa shape index (κ2) is 56.2. The molecule has 9 heterocycles. The van der Waals surface area contributed by atoms with Crippen molar-refractivity contribution in [3.8, 4) is 34.5 Å². The van der Waals surface area contributed by atoms with E-state index in [1.807, 2.05) is 81.4 Å². The molecule has 774 valence electrons. The Morgan fingerprint density at radius 1 is 0.592 bits per heavy atom. The number of nitrogens with one attached hydrogen (secondary N) is 5. The average Bonchev–Trinajstić information content (AvgIpc) is 1.38. The average molecular weight is 2150 g/mol. The molecule has 15 rings (SSSR count). The lowest BCUT2D eigenvalue weighted by Crippen LogP contribution is -2.45. The molecule has 0 radical (unpaired) electrons. The second-order valence-electron chi connectivity index (χ2n) is 35.3. The van der Waals surface area contributed by atoms with Crippen LogP contribution in [0, 0.1) is 66.6 Å². The van der Waals surface area contributed by atoms with Gasteiger partial charge in [-0.25, -0.2) is 67.9 Å². The van der Waals surface area contributed by atoms with Gasteiger partial charge in [0.15, 0.2) is 57.9 Å². The fraction of sp³-hybridized carbons (Fsp3) is 0.343. The molecule has 6 aromatic carbocycles. The van der Waals surface area contributed by atoms with Crippen molar-refractivity contribution >= 4 is 126 Å². The number of carbonyl (C=O) groups excluding carboxylic acids is 8. The number of H-pyrrole nitrogens is 3. The van der Waals surface area contributed by atoms with E-state index in [1.54, 1.807) is 116 Å². The lowest BCUT2D eigenvalue weighted by atomic mass is 9.80. The van der Waals surface area contributed by atoms with Crippen LogP contribution < -0.4 is 31.0 Å². The molecule has 2 unspecified atom stereocenters. The number of nitrogen functional groups attached to an aromatic ring is 1. The SMILES string of the molecule is C.C=CC(=O)O.CC(C)(C)OC(=O)N1CCC[C@@H](C2N=C(c3ccc(Oc4ccccc4F)cc3)c3c(N)n[nH]c(=O)c32)C1.N=N.O=C=O.OB(O)c1ccc(Oc2ccccc2F)cc1.[C-]#[N+]C1=C(CC)C([C@@H]2CCCN(C(=O)OC(C)(C)C)C2)N=C1c1ccc(Oc2ccccc2F)cc1.[C-]#[N+]c1c(Br)nn([C@@H]2CCCN(C(=O)OC(C)(C)C)C2)c1C(C)=O.[C-]#[N+]c1c(C(C)=O)n[nH]c1Br.[C-]#[N+]c1cn[nH]c1C(C)=O.[HH]. The topological polar surface area (TPSA) is 516 Å². The zero-order valence-electron chi connectivity index (χ0n) is 82.0. The molecular weight excluding hydrogens is 2040 g/mol. The maximum atomic E-state index is 14.0. The van der Waals surface area contributed by atoms with Crippen LogP contribution in [0.5, 0.6) is 34.5 Å². The van der Waals surface area contributed by atoms with Gasteiger partial charge in [-0.05, 0) is 261 Å². The third-order valence-electron chi connectivity index (χ3n) is 21.3. The number of aliphatic carboxylic acids is 1. The van der Waals surface area contributed by atoms with Gasteiger partial charge in [0.25, 0.3) is 5.56 Å². The first-order valence-electron chi connectivity index (χ1n) is 45.0. The number of carbonyl (C=O) groups is 7. The Morgan fingerprint density at radius 2 is 1.01 bits per heavy atom. The van der Waals surface area contributed by atoms with E-state index < -0.39 is 53.4 Å². The number of carboxylic acids is 1. The number of carboxylic acid groups (broad SMARTS) is 1. The number of anilines is 1. The molecule has 10 aromatic rings. The van der Waals surface area contributed by atoms with Crippen molar-refractivity contribution in [2.24, 2.45) is 21.8 Å². The van der Waals surface area contributed by atoms with E-state index in [-0.39, 0.29) is 137 Å². The van der Waals surface area contributed by atoms with Crippen LogP contribution in [0.25, 0.3) is 19.4 Å². The number of amides is 3. The number of likely N-dealkylation sites (tertiary alicyclic amines) is 3. The second-order valence-corrected chi connectivity index (χ2v) is 36.9. The number of aliphatic imine (C=N–C) groups is 2. The van der Waals surface area contributed by atoms with Crippen LogP contribution in [0.1, 0.15) is 210 Å². The minimum atomic E-state index is -1.52. The highest BCUT2D eigenvalue weighted by Gasteiger charge is 2.42. The van der Waals surface area contributed by atoms with Gasteiger partial charge in [0, 0.05) is 64.2 Å². The molecule has 3 amide bonds. The highest BCUT2D eigenvalue weighted by atomic mass is 79.9. The number of aromatic amines is 3. The molecule has 0 aliphatic carbocycles. The molecule has 5 atom stereocenters. The standard InChI is InChI=1S/C29H32FN3O3.C28H30FN5O4.C16H21BrN4O3.C12H10BFO3.C6H4BrN3O.C6H5N3O.C3H4O2.CO2.CH4.H2N2.H2/c1-6-22-25(20-10-9-17-33(18-20)28(34)36-29(2,3)4)32-26(27(22)31-5)19-13-15-21(16-14-19)35-24-12-8-7-11-23(24)30;1-28(2,3)38-27(36)34-14-6-7-17(15-34)24-22-21(25(30)32-33-26(22)35)23(31-24)16-10-12-18(13-11-16)37-20-9-5-4-8-19(20)29;1-10(22)13-12(18-5)14(17)19-21(13)11-7-6-8-20(9-11)15(23)24-16(2,3)4;14-11-3-1-2-4-12(11)17-10-7-5-9(6-8-10)13(15)16;1-3(11)4-5(8-2)6(7)10-9-4;1-4(10)6-5(7-2)3-8-9-6;1-2-3(4)5;2-1-3;;1-2;/h7-8,11-16,20,25H,6,9-10,17-18H2,1-4H3;4-5,8-13,17,24H,6-7,14-15H2,1-3H3,(H2,30,32)(H,33,35);11H,6-9H2,1-4H3;1-8,15-16H;1H3,(H,9,10);3H,1H3,(H,8,9);2H,1H2,(H,4,5);;1H4;1-2H;1H/t20-,25?;17-,24?;11-;;;;;;;;/m111......../s1. The summed E-state index contributed by atoms with van der Waals surface area (Å²) < 4.78 is 76.8. The van der Waals surface area contributed by atoms with Gasteiger partial charge >= 0.3 is 37.5 Å². The van der Waals surface area contributed by atoms with Crippen LogP contribution >= 0.6 is 31.9 Å². The number of fused-ring (bicyclic) bond motifs is 1. The van der Waals surface area contributed by atoms with Gasteiger partial charge < -0.3 is 64.0 Å². The maximum absolute atomic E-state index is 14.0. The summed E-state index contributed by atoms with van der Waals surface area (Å²) in [4.78, 5) is 138. The number of allylic oxidation sites excluding steroid dienone is 1. The monoisotopic (exact) mass is 2150 g/mol. The van der Waals surface area contributed by atoms with Crippen molar-refractivity contribution in [1.82, 2.24) is 55.1 Å². The molecule has 4 aromatic heterocycles. The molecule has 5 aliphatic heterocycles. The van der Waals surface area contributed by atoms with E-state index in [0.717, 1.165) is 55.7 Å². The number of ketones is 3. The highest BCUT2D eigenvalue weighted by Crippen LogP contribution is 2.43. The molecule has 3 saturated heterocycles. The predicted molar refractivity (Wildman–Crippen MR) is 548 cm³/mol. The number of ether oxygens (including phenoxy) is 6. The molecule has 0 bridgehead atoms. The number of nitrogens with zero attached hydrogens (tertiary/aromatic N) is 14. The fourth-order valence-corrected chi connectivity index (χ4v) is 15.9. The molecule has 10 N–H and O–H groups in total. The number of hydrogen-bond donors (Lipinski definition) is 9. The normalized spacial score (nSPS) is 15.6. The van der Waals surface area contributed by atoms with Gasteiger partial charge in [-0.3, -0.25) is 44.0 Å². The third-order valence-corrected chi connectivity index (χ3v) is 22.4. The Hall–Kier alpha value is -16.2. The summed E-state index contributed by atoms with van der Waals surface area (Å²) >= 11 is 6.31. The van der Waals surface area contributed by atoms with E-state index in [9.17, 15) is 51.5 Å². The molecular formula is C102H114BBr2F3N20O19.